The Bertz CT molecular complexity index is 840. The van der Waals surface area contributed by atoms with E-state index < -0.39 is 6.04 Å². The molecule has 1 aliphatic heterocycles. The Balaban J connectivity index is 1.88. The minimum absolute atomic E-state index is 0.00435. The van der Waals surface area contributed by atoms with Crippen molar-refractivity contribution < 1.29 is 9.59 Å². The first kappa shape index (κ1) is 18.2. The first-order valence-corrected chi connectivity index (χ1v) is 9.18. The topological polar surface area (TPSA) is 67.2 Å². The summed E-state index contributed by atoms with van der Waals surface area (Å²) in [5, 5.41) is 7.43. The van der Waals surface area contributed by atoms with Crippen LogP contribution >= 0.6 is 0 Å². The summed E-state index contributed by atoms with van der Waals surface area (Å²) in [6.07, 6.45) is 2.12. The molecule has 6 heteroatoms. The highest BCUT2D eigenvalue weighted by molar-refractivity contribution is 6.05. The molecule has 1 atom stereocenters. The van der Waals surface area contributed by atoms with Crippen molar-refractivity contribution in [1.29, 1.82) is 0 Å². The Morgan fingerprint density at radius 2 is 2.00 bits per heavy atom. The van der Waals surface area contributed by atoms with Gasteiger partial charge in [-0.15, -0.1) is 0 Å². The zero-order valence-corrected chi connectivity index (χ0v) is 15.9. The molecule has 0 saturated heterocycles. The smallest absolute Gasteiger partial charge is 0.247 e. The fourth-order valence-electron chi connectivity index (χ4n) is 3.60. The van der Waals surface area contributed by atoms with E-state index in [1.165, 1.54) is 0 Å². The summed E-state index contributed by atoms with van der Waals surface area (Å²) in [6, 6.07) is 7.25. The van der Waals surface area contributed by atoms with Gasteiger partial charge >= 0.3 is 0 Å². The number of hydrogen-bond acceptors (Lipinski definition) is 3. The molecule has 1 unspecified atom stereocenters. The number of carbonyl (C=O) groups is 2. The van der Waals surface area contributed by atoms with E-state index in [0.717, 1.165) is 47.7 Å². The molecule has 2 heterocycles. The third-order valence-corrected chi connectivity index (χ3v) is 5.05. The van der Waals surface area contributed by atoms with Gasteiger partial charge in [-0.05, 0) is 52.2 Å². The first-order chi connectivity index (χ1) is 12.4. The third kappa shape index (κ3) is 3.23. The summed E-state index contributed by atoms with van der Waals surface area (Å²) in [6.45, 7) is 8.36. The zero-order chi connectivity index (χ0) is 18.8. The van der Waals surface area contributed by atoms with Gasteiger partial charge in [-0.25, -0.2) is 0 Å². The van der Waals surface area contributed by atoms with Gasteiger partial charge in [-0.3, -0.25) is 19.2 Å². The van der Waals surface area contributed by atoms with E-state index >= 15 is 0 Å². The predicted molar refractivity (Wildman–Crippen MR) is 102 cm³/mol. The summed E-state index contributed by atoms with van der Waals surface area (Å²) in [4.78, 5) is 27.3. The highest BCUT2D eigenvalue weighted by Gasteiger charge is 2.31. The SMILES string of the molecule is CCn1nc(C)c(NC(=O)C(C)N2C(=O)CCCc3ccccc32)c1C. The number of rotatable bonds is 4. The second-order valence-corrected chi connectivity index (χ2v) is 6.77. The van der Waals surface area contributed by atoms with E-state index in [0.29, 0.717) is 6.42 Å². The quantitative estimate of drug-likeness (QED) is 0.917. The van der Waals surface area contributed by atoms with Crippen LogP contribution in [0.1, 0.15) is 43.6 Å². The van der Waals surface area contributed by atoms with Crippen molar-refractivity contribution in [3.05, 3.63) is 41.2 Å². The number of benzene rings is 1. The fourth-order valence-corrected chi connectivity index (χ4v) is 3.60. The molecule has 138 valence electrons. The lowest BCUT2D eigenvalue weighted by molar-refractivity contribution is -0.123. The number of aryl methyl sites for hydroxylation is 3. The fraction of sp³-hybridized carbons (Fsp3) is 0.450. The van der Waals surface area contributed by atoms with Crippen LogP contribution in [0.5, 0.6) is 0 Å². The van der Waals surface area contributed by atoms with E-state index in [1.54, 1.807) is 11.8 Å². The van der Waals surface area contributed by atoms with Gasteiger partial charge < -0.3 is 5.32 Å². The average Bonchev–Trinajstić information content (AvgIpc) is 2.80. The van der Waals surface area contributed by atoms with Gasteiger partial charge in [-0.2, -0.15) is 5.10 Å². The molecule has 6 nitrogen and oxygen atoms in total. The van der Waals surface area contributed by atoms with E-state index in [1.807, 2.05) is 49.7 Å². The summed E-state index contributed by atoms with van der Waals surface area (Å²) in [5.41, 5.74) is 4.40. The van der Waals surface area contributed by atoms with Crippen LogP contribution < -0.4 is 10.2 Å². The number of para-hydroxylation sites is 1. The van der Waals surface area contributed by atoms with Crippen LogP contribution in [-0.4, -0.2) is 27.6 Å². The summed E-state index contributed by atoms with van der Waals surface area (Å²) in [5.74, 6) is -0.202. The van der Waals surface area contributed by atoms with Gasteiger partial charge in [0.2, 0.25) is 11.8 Å². The Morgan fingerprint density at radius 1 is 1.27 bits per heavy atom. The van der Waals surface area contributed by atoms with Crippen molar-refractivity contribution in [3.8, 4) is 0 Å². The maximum absolute atomic E-state index is 12.9. The number of amides is 2. The summed E-state index contributed by atoms with van der Waals surface area (Å²) in [7, 11) is 0. The molecule has 0 spiro atoms. The lowest BCUT2D eigenvalue weighted by Crippen LogP contribution is -2.45. The van der Waals surface area contributed by atoms with Crippen LogP contribution in [0.25, 0.3) is 0 Å². The number of nitrogens with zero attached hydrogens (tertiary/aromatic N) is 3. The van der Waals surface area contributed by atoms with Crippen molar-refractivity contribution in [2.24, 2.45) is 0 Å². The van der Waals surface area contributed by atoms with Crippen molar-refractivity contribution in [2.45, 2.75) is 59.5 Å². The van der Waals surface area contributed by atoms with Crippen molar-refractivity contribution in [3.63, 3.8) is 0 Å². The number of hydrogen-bond donors (Lipinski definition) is 1. The van der Waals surface area contributed by atoms with Crippen LogP contribution in [-0.2, 0) is 22.6 Å². The largest absolute Gasteiger partial charge is 0.321 e. The molecule has 3 rings (SSSR count). The van der Waals surface area contributed by atoms with E-state index in [4.69, 9.17) is 0 Å². The van der Waals surface area contributed by atoms with Crippen molar-refractivity contribution in [2.75, 3.05) is 10.2 Å². The normalized spacial score (nSPS) is 15.4. The molecule has 2 aromatic rings. The number of fused-ring (bicyclic) bond motifs is 1. The molecule has 0 radical (unpaired) electrons. The van der Waals surface area contributed by atoms with Crippen LogP contribution in [0.4, 0.5) is 11.4 Å². The van der Waals surface area contributed by atoms with Gasteiger partial charge in [0.15, 0.2) is 0 Å². The number of aromatic nitrogens is 2. The van der Waals surface area contributed by atoms with Crippen LogP contribution in [0, 0.1) is 13.8 Å². The molecule has 26 heavy (non-hydrogen) atoms. The van der Waals surface area contributed by atoms with Crippen molar-refractivity contribution in [1.82, 2.24) is 9.78 Å². The summed E-state index contributed by atoms with van der Waals surface area (Å²) >= 11 is 0. The Hall–Kier alpha value is -2.63. The number of carbonyl (C=O) groups excluding carboxylic acids is 2. The average molecular weight is 354 g/mol. The monoisotopic (exact) mass is 354 g/mol. The highest BCUT2D eigenvalue weighted by Crippen LogP contribution is 2.29. The molecule has 0 fully saturated rings. The minimum Gasteiger partial charge on any atom is -0.321 e. The molecule has 1 N–H and O–H groups in total. The Morgan fingerprint density at radius 3 is 2.69 bits per heavy atom. The highest BCUT2D eigenvalue weighted by atomic mass is 16.2. The molecular weight excluding hydrogens is 328 g/mol. The second kappa shape index (κ2) is 7.32. The molecule has 1 aromatic carbocycles. The van der Waals surface area contributed by atoms with Crippen molar-refractivity contribution >= 4 is 23.2 Å². The number of anilines is 2. The van der Waals surface area contributed by atoms with Crippen LogP contribution in [0.3, 0.4) is 0 Å². The molecular formula is C20H26N4O2. The number of nitrogens with one attached hydrogen (secondary N) is 1. The first-order valence-electron chi connectivity index (χ1n) is 9.18. The van der Waals surface area contributed by atoms with E-state index in [-0.39, 0.29) is 11.8 Å². The lowest BCUT2D eigenvalue weighted by atomic mass is 10.1. The maximum Gasteiger partial charge on any atom is 0.247 e. The standard InChI is InChI=1S/C20H26N4O2/c1-5-23-14(3)19(13(2)22-23)21-20(26)15(4)24-17-11-7-6-9-16(17)10-8-12-18(24)25/h6-7,9,11,15H,5,8,10,12H2,1-4H3,(H,21,26). The second-order valence-electron chi connectivity index (χ2n) is 6.77. The van der Waals surface area contributed by atoms with Gasteiger partial charge in [0.1, 0.15) is 6.04 Å². The third-order valence-electron chi connectivity index (χ3n) is 5.05. The molecule has 2 amide bonds. The van der Waals surface area contributed by atoms with Gasteiger partial charge in [0.25, 0.3) is 0 Å². The molecule has 1 aliphatic rings. The van der Waals surface area contributed by atoms with Crippen LogP contribution in [0.2, 0.25) is 0 Å². The zero-order valence-electron chi connectivity index (χ0n) is 15.9. The lowest BCUT2D eigenvalue weighted by Gasteiger charge is -2.28. The minimum atomic E-state index is -0.592. The Kier molecular flexibility index (Phi) is 5.11. The van der Waals surface area contributed by atoms with Crippen LogP contribution in [0.15, 0.2) is 24.3 Å². The molecule has 0 aliphatic carbocycles. The molecule has 0 bridgehead atoms. The van der Waals surface area contributed by atoms with E-state index in [2.05, 4.69) is 10.4 Å². The van der Waals surface area contributed by atoms with Gasteiger partial charge in [0, 0.05) is 18.7 Å². The molecule has 1 aromatic heterocycles. The van der Waals surface area contributed by atoms with E-state index in [9.17, 15) is 9.59 Å². The van der Waals surface area contributed by atoms with Gasteiger partial charge in [0.05, 0.1) is 17.1 Å². The predicted octanol–water partition coefficient (Wildman–Crippen LogP) is 3.22. The Labute approximate surface area is 154 Å². The molecule has 0 saturated carbocycles. The maximum atomic E-state index is 12.9. The van der Waals surface area contributed by atoms with Gasteiger partial charge in [-0.1, -0.05) is 18.2 Å². The summed E-state index contributed by atoms with van der Waals surface area (Å²) < 4.78 is 1.86.